The first-order valence-electron chi connectivity index (χ1n) is 7.46. The number of carbonyl (C=O) groups excluding carboxylic acids is 1. The molecule has 1 amide bonds. The number of non-ortho nitro benzene ring substituents is 1. The van der Waals surface area contributed by atoms with Crippen LogP contribution in [0.3, 0.4) is 0 Å². The van der Waals surface area contributed by atoms with Gasteiger partial charge in [0, 0.05) is 23.2 Å². The van der Waals surface area contributed by atoms with Crippen LogP contribution in [0.4, 0.5) is 11.4 Å². The van der Waals surface area contributed by atoms with Crippen molar-refractivity contribution in [2.75, 3.05) is 5.32 Å². The zero-order chi connectivity index (χ0) is 18.1. The lowest BCUT2D eigenvalue weighted by atomic mass is 10.1. The maximum absolute atomic E-state index is 12.5. The van der Waals surface area contributed by atoms with E-state index in [9.17, 15) is 19.7 Å². The van der Waals surface area contributed by atoms with Gasteiger partial charge in [0.15, 0.2) is 0 Å². The summed E-state index contributed by atoms with van der Waals surface area (Å²) >= 11 is 0. The third-order valence-electron chi connectivity index (χ3n) is 3.89. The summed E-state index contributed by atoms with van der Waals surface area (Å²) in [7, 11) is 0. The largest absolute Gasteiger partial charge is 0.422 e. The molecular weight excluding hydrogens is 324 g/mol. The Balaban J connectivity index is 2.05. The highest BCUT2D eigenvalue weighted by molar-refractivity contribution is 6.06. The first kappa shape index (κ1) is 16.4. The summed E-state index contributed by atoms with van der Waals surface area (Å²) in [6.07, 6.45) is 0. The van der Waals surface area contributed by atoms with Gasteiger partial charge in [0.2, 0.25) is 0 Å². The third-order valence-corrected chi connectivity index (χ3v) is 3.89. The molecule has 0 saturated heterocycles. The Kier molecular flexibility index (Phi) is 4.06. The van der Waals surface area contributed by atoms with Gasteiger partial charge in [-0.25, -0.2) is 4.79 Å². The van der Waals surface area contributed by atoms with Crippen LogP contribution in [0, 0.1) is 24.0 Å². The van der Waals surface area contributed by atoms with Crippen molar-refractivity contribution in [1.29, 1.82) is 0 Å². The fourth-order valence-corrected chi connectivity index (χ4v) is 2.58. The number of para-hydroxylation sites is 1. The van der Waals surface area contributed by atoms with Crippen molar-refractivity contribution in [2.24, 2.45) is 0 Å². The van der Waals surface area contributed by atoms with Gasteiger partial charge in [-0.1, -0.05) is 18.2 Å². The van der Waals surface area contributed by atoms with Gasteiger partial charge in [-0.3, -0.25) is 14.9 Å². The number of nitro benzene ring substituents is 1. The molecule has 0 aliphatic heterocycles. The molecule has 3 rings (SSSR count). The van der Waals surface area contributed by atoms with Crippen molar-refractivity contribution in [3.05, 3.63) is 79.7 Å². The molecule has 0 aliphatic carbocycles. The van der Waals surface area contributed by atoms with Crippen LogP contribution in [-0.2, 0) is 0 Å². The highest BCUT2D eigenvalue weighted by Gasteiger charge is 2.17. The number of fused-ring (bicyclic) bond motifs is 1. The maximum Gasteiger partial charge on any atom is 0.349 e. The molecule has 0 aliphatic rings. The molecule has 1 N–H and O–H groups in total. The molecule has 0 bridgehead atoms. The molecule has 2 aromatic carbocycles. The molecule has 0 fully saturated rings. The number of carbonyl (C=O) groups is 1. The van der Waals surface area contributed by atoms with Gasteiger partial charge in [-0.05, 0) is 37.1 Å². The van der Waals surface area contributed by atoms with E-state index in [-0.39, 0.29) is 16.8 Å². The minimum atomic E-state index is -0.801. The zero-order valence-electron chi connectivity index (χ0n) is 13.5. The number of benzene rings is 2. The van der Waals surface area contributed by atoms with E-state index in [0.29, 0.717) is 11.1 Å². The Labute approximate surface area is 142 Å². The molecule has 0 saturated carbocycles. The van der Waals surface area contributed by atoms with Crippen molar-refractivity contribution in [2.45, 2.75) is 13.8 Å². The van der Waals surface area contributed by atoms with Crippen molar-refractivity contribution >= 4 is 28.3 Å². The quantitative estimate of drug-likeness (QED) is 0.447. The van der Waals surface area contributed by atoms with Gasteiger partial charge in [0.25, 0.3) is 11.6 Å². The van der Waals surface area contributed by atoms with Crippen LogP contribution >= 0.6 is 0 Å². The van der Waals surface area contributed by atoms with E-state index in [4.69, 9.17) is 4.42 Å². The topological polar surface area (TPSA) is 102 Å². The number of nitrogens with zero attached hydrogens (tertiary/aromatic N) is 1. The Hall–Kier alpha value is -3.48. The number of nitrogens with one attached hydrogen (secondary N) is 1. The van der Waals surface area contributed by atoms with Crippen LogP contribution in [0.5, 0.6) is 0 Å². The van der Waals surface area contributed by atoms with E-state index in [1.807, 2.05) is 32.0 Å². The van der Waals surface area contributed by atoms with E-state index in [1.54, 1.807) is 0 Å². The van der Waals surface area contributed by atoms with Gasteiger partial charge in [-0.2, -0.15) is 0 Å². The molecule has 126 valence electrons. The normalized spacial score (nSPS) is 10.6. The van der Waals surface area contributed by atoms with E-state index in [1.165, 1.54) is 24.3 Å². The molecule has 0 radical (unpaired) electrons. The number of aryl methyl sites for hydroxylation is 2. The van der Waals surface area contributed by atoms with E-state index in [0.717, 1.165) is 11.1 Å². The second kappa shape index (κ2) is 6.20. The molecule has 7 heteroatoms. The first-order chi connectivity index (χ1) is 11.9. The highest BCUT2D eigenvalue weighted by Crippen LogP contribution is 2.22. The van der Waals surface area contributed by atoms with Crippen LogP contribution in [0.1, 0.15) is 21.5 Å². The SMILES string of the molecule is Cc1cccc(C)c1NC(=O)c1cc2cc([N+](=O)[O-])ccc2oc1=O. The van der Waals surface area contributed by atoms with Crippen LogP contribution in [0.25, 0.3) is 11.0 Å². The van der Waals surface area contributed by atoms with Gasteiger partial charge in [0.1, 0.15) is 11.1 Å². The van der Waals surface area contributed by atoms with Crippen LogP contribution in [-0.4, -0.2) is 10.8 Å². The second-order valence-corrected chi connectivity index (χ2v) is 5.65. The van der Waals surface area contributed by atoms with Crippen molar-refractivity contribution < 1.29 is 14.1 Å². The van der Waals surface area contributed by atoms with E-state index in [2.05, 4.69) is 5.32 Å². The zero-order valence-corrected chi connectivity index (χ0v) is 13.5. The monoisotopic (exact) mass is 338 g/mol. The smallest absolute Gasteiger partial charge is 0.349 e. The molecule has 0 unspecified atom stereocenters. The predicted molar refractivity (Wildman–Crippen MR) is 93.0 cm³/mol. The van der Waals surface area contributed by atoms with Crippen LogP contribution < -0.4 is 10.9 Å². The van der Waals surface area contributed by atoms with Crippen molar-refractivity contribution in [1.82, 2.24) is 0 Å². The minimum absolute atomic E-state index is 0.151. The number of rotatable bonds is 3. The Morgan fingerprint density at radius 2 is 1.80 bits per heavy atom. The summed E-state index contributed by atoms with van der Waals surface area (Å²) in [5, 5.41) is 13.9. The molecule has 25 heavy (non-hydrogen) atoms. The molecule has 0 spiro atoms. The molecule has 7 nitrogen and oxygen atoms in total. The number of amides is 1. The fourth-order valence-electron chi connectivity index (χ4n) is 2.58. The standard InChI is InChI=1S/C18H14N2O5/c1-10-4-3-5-11(2)16(10)19-17(21)14-9-12-8-13(20(23)24)6-7-15(12)25-18(14)22/h3-9H,1-2H3,(H,19,21). The number of hydrogen-bond donors (Lipinski definition) is 1. The summed E-state index contributed by atoms with van der Waals surface area (Å²) in [5.41, 5.74) is 1.34. The number of hydrogen-bond acceptors (Lipinski definition) is 5. The average Bonchev–Trinajstić information content (AvgIpc) is 2.57. The summed E-state index contributed by atoms with van der Waals surface area (Å²) in [6, 6.07) is 10.7. The summed E-state index contributed by atoms with van der Waals surface area (Å²) in [6.45, 7) is 3.68. The lowest BCUT2D eigenvalue weighted by molar-refractivity contribution is -0.384. The first-order valence-corrected chi connectivity index (χ1v) is 7.46. The van der Waals surface area contributed by atoms with Crippen molar-refractivity contribution in [3.8, 4) is 0 Å². The van der Waals surface area contributed by atoms with Crippen LogP contribution in [0.2, 0.25) is 0 Å². The van der Waals surface area contributed by atoms with Gasteiger partial charge < -0.3 is 9.73 Å². The van der Waals surface area contributed by atoms with Gasteiger partial charge in [0.05, 0.1) is 4.92 Å². The predicted octanol–water partition coefficient (Wildman–Crippen LogP) is 3.57. The summed E-state index contributed by atoms with van der Waals surface area (Å²) in [4.78, 5) is 34.9. The van der Waals surface area contributed by atoms with E-state index < -0.39 is 16.5 Å². The summed E-state index contributed by atoms with van der Waals surface area (Å²) in [5.74, 6) is -0.625. The average molecular weight is 338 g/mol. The Bertz CT molecular complexity index is 1050. The molecule has 0 atom stereocenters. The van der Waals surface area contributed by atoms with Crippen molar-refractivity contribution in [3.63, 3.8) is 0 Å². The molecule has 1 aromatic heterocycles. The van der Waals surface area contributed by atoms with Crippen LogP contribution in [0.15, 0.2) is 51.7 Å². The Morgan fingerprint density at radius 1 is 1.12 bits per heavy atom. The lowest BCUT2D eigenvalue weighted by Gasteiger charge is -2.11. The van der Waals surface area contributed by atoms with E-state index >= 15 is 0 Å². The third kappa shape index (κ3) is 3.12. The fraction of sp³-hybridized carbons (Fsp3) is 0.111. The second-order valence-electron chi connectivity index (χ2n) is 5.65. The van der Waals surface area contributed by atoms with Gasteiger partial charge >= 0.3 is 5.63 Å². The summed E-state index contributed by atoms with van der Waals surface area (Å²) < 4.78 is 5.11. The number of nitro groups is 1. The molecule has 1 heterocycles. The molecular formula is C18H14N2O5. The van der Waals surface area contributed by atoms with Gasteiger partial charge in [-0.15, -0.1) is 0 Å². The lowest BCUT2D eigenvalue weighted by Crippen LogP contribution is -2.21. The highest BCUT2D eigenvalue weighted by atomic mass is 16.6. The Morgan fingerprint density at radius 3 is 2.44 bits per heavy atom. The molecule has 3 aromatic rings. The maximum atomic E-state index is 12.5. The number of anilines is 1. The minimum Gasteiger partial charge on any atom is -0.422 e.